The van der Waals surface area contributed by atoms with Crippen LogP contribution in [0.25, 0.3) is 0 Å². The van der Waals surface area contributed by atoms with E-state index in [2.05, 4.69) is 20.8 Å². The highest BCUT2D eigenvalue weighted by atomic mass is 16.5. The minimum absolute atomic E-state index is 0.126. The normalized spacial score (nSPS) is 11.7. The predicted molar refractivity (Wildman–Crippen MR) is 77.7 cm³/mol. The summed E-state index contributed by atoms with van der Waals surface area (Å²) in [5.41, 5.74) is 2.67. The van der Waals surface area contributed by atoms with Gasteiger partial charge in [-0.1, -0.05) is 0 Å². The molecule has 0 radical (unpaired) electrons. The summed E-state index contributed by atoms with van der Waals surface area (Å²) >= 11 is 0. The molecule has 0 bridgehead atoms. The van der Waals surface area contributed by atoms with Crippen molar-refractivity contribution in [2.24, 2.45) is 0 Å². The first-order chi connectivity index (χ1) is 9.69. The Labute approximate surface area is 117 Å². The van der Waals surface area contributed by atoms with Gasteiger partial charge in [-0.25, -0.2) is 4.79 Å². The molecule has 0 aliphatic rings. The van der Waals surface area contributed by atoms with E-state index in [0.717, 1.165) is 11.4 Å². The van der Waals surface area contributed by atoms with E-state index in [4.69, 9.17) is 4.74 Å². The van der Waals surface area contributed by atoms with Crippen LogP contribution in [0.3, 0.4) is 0 Å². The SMILES string of the molecule is CCOC(=O)Nc1ccc(NC(C)c2ccn[nH]2)cc1. The lowest BCUT2D eigenvalue weighted by atomic mass is 10.2. The first-order valence-corrected chi connectivity index (χ1v) is 6.48. The number of rotatable bonds is 5. The van der Waals surface area contributed by atoms with Crippen molar-refractivity contribution in [3.05, 3.63) is 42.2 Å². The Balaban J connectivity index is 1.93. The van der Waals surface area contributed by atoms with Gasteiger partial charge in [0.1, 0.15) is 0 Å². The van der Waals surface area contributed by atoms with Crippen LogP contribution in [-0.4, -0.2) is 22.9 Å². The third-order valence-electron chi connectivity index (χ3n) is 2.78. The zero-order valence-corrected chi connectivity index (χ0v) is 11.5. The highest BCUT2D eigenvalue weighted by Crippen LogP contribution is 2.19. The number of H-pyrrole nitrogens is 1. The van der Waals surface area contributed by atoms with E-state index in [9.17, 15) is 4.79 Å². The highest BCUT2D eigenvalue weighted by Gasteiger charge is 2.06. The van der Waals surface area contributed by atoms with E-state index >= 15 is 0 Å². The van der Waals surface area contributed by atoms with E-state index in [0.29, 0.717) is 12.3 Å². The maximum atomic E-state index is 11.3. The molecule has 6 nitrogen and oxygen atoms in total. The number of nitrogens with zero attached hydrogens (tertiary/aromatic N) is 1. The minimum atomic E-state index is -0.445. The van der Waals surface area contributed by atoms with Crippen LogP contribution in [0.5, 0.6) is 0 Å². The van der Waals surface area contributed by atoms with Crippen LogP contribution in [0.15, 0.2) is 36.5 Å². The van der Waals surface area contributed by atoms with Crippen molar-refractivity contribution >= 4 is 17.5 Å². The van der Waals surface area contributed by atoms with Crippen molar-refractivity contribution in [1.29, 1.82) is 0 Å². The molecule has 0 spiro atoms. The molecule has 3 N–H and O–H groups in total. The van der Waals surface area contributed by atoms with Crippen molar-refractivity contribution in [3.8, 4) is 0 Å². The average molecular weight is 274 g/mol. The van der Waals surface area contributed by atoms with Crippen molar-refractivity contribution < 1.29 is 9.53 Å². The van der Waals surface area contributed by atoms with Crippen LogP contribution in [0, 0.1) is 0 Å². The molecule has 1 amide bonds. The minimum Gasteiger partial charge on any atom is -0.450 e. The number of nitrogens with one attached hydrogen (secondary N) is 3. The van der Waals surface area contributed by atoms with Gasteiger partial charge in [0.25, 0.3) is 0 Å². The Kier molecular flexibility index (Phi) is 4.60. The molecule has 1 heterocycles. The molecule has 106 valence electrons. The Morgan fingerprint density at radius 3 is 2.60 bits per heavy atom. The van der Waals surface area contributed by atoms with Crippen LogP contribution in [-0.2, 0) is 4.74 Å². The number of ether oxygens (including phenoxy) is 1. The summed E-state index contributed by atoms with van der Waals surface area (Å²) < 4.78 is 4.81. The van der Waals surface area contributed by atoms with Crippen molar-refractivity contribution in [2.75, 3.05) is 17.2 Å². The zero-order chi connectivity index (χ0) is 14.4. The second kappa shape index (κ2) is 6.60. The number of hydrogen-bond acceptors (Lipinski definition) is 4. The lowest BCUT2D eigenvalue weighted by molar-refractivity contribution is 0.168. The standard InChI is InChI=1S/C14H18N4O2/c1-3-20-14(19)17-12-6-4-11(5-7-12)16-10(2)13-8-9-15-18-13/h4-10,16H,3H2,1-2H3,(H,15,18)(H,17,19). The third kappa shape index (κ3) is 3.74. The Morgan fingerprint density at radius 2 is 2.00 bits per heavy atom. The zero-order valence-electron chi connectivity index (χ0n) is 11.5. The van der Waals surface area contributed by atoms with Crippen LogP contribution >= 0.6 is 0 Å². The maximum absolute atomic E-state index is 11.3. The van der Waals surface area contributed by atoms with Gasteiger partial charge in [0.15, 0.2) is 0 Å². The number of benzene rings is 1. The monoisotopic (exact) mass is 274 g/mol. The number of amides is 1. The Hall–Kier alpha value is -2.50. The molecule has 0 saturated carbocycles. The summed E-state index contributed by atoms with van der Waals surface area (Å²) in [5.74, 6) is 0. The van der Waals surface area contributed by atoms with Gasteiger partial charge in [0.05, 0.1) is 18.3 Å². The molecule has 0 aliphatic carbocycles. The summed E-state index contributed by atoms with van der Waals surface area (Å²) in [7, 11) is 0. The van der Waals surface area contributed by atoms with Gasteiger partial charge in [0, 0.05) is 17.6 Å². The molecule has 0 aliphatic heterocycles. The maximum Gasteiger partial charge on any atom is 0.411 e. The third-order valence-corrected chi connectivity index (χ3v) is 2.78. The number of aromatic nitrogens is 2. The average Bonchev–Trinajstić information content (AvgIpc) is 2.95. The number of carbonyl (C=O) groups excluding carboxylic acids is 1. The summed E-state index contributed by atoms with van der Waals surface area (Å²) in [6.45, 7) is 4.16. The van der Waals surface area contributed by atoms with Crippen molar-refractivity contribution in [3.63, 3.8) is 0 Å². The molecule has 1 aromatic heterocycles. The van der Waals surface area contributed by atoms with Crippen LogP contribution in [0.2, 0.25) is 0 Å². The summed E-state index contributed by atoms with van der Waals surface area (Å²) in [6.07, 6.45) is 1.28. The number of anilines is 2. The lowest BCUT2D eigenvalue weighted by Crippen LogP contribution is -2.13. The molecule has 1 unspecified atom stereocenters. The lowest BCUT2D eigenvalue weighted by Gasteiger charge is -2.14. The second-order valence-corrected chi connectivity index (χ2v) is 4.30. The molecular formula is C14H18N4O2. The molecule has 1 atom stereocenters. The first kappa shape index (κ1) is 13.9. The molecule has 2 aromatic rings. The Bertz CT molecular complexity index is 537. The van der Waals surface area contributed by atoms with Gasteiger partial charge < -0.3 is 10.1 Å². The smallest absolute Gasteiger partial charge is 0.411 e. The van der Waals surface area contributed by atoms with Gasteiger partial charge in [-0.15, -0.1) is 0 Å². The fraction of sp³-hybridized carbons (Fsp3) is 0.286. The fourth-order valence-electron chi connectivity index (χ4n) is 1.77. The van der Waals surface area contributed by atoms with Gasteiger partial charge in [-0.05, 0) is 44.2 Å². The van der Waals surface area contributed by atoms with Crippen molar-refractivity contribution in [2.45, 2.75) is 19.9 Å². The van der Waals surface area contributed by atoms with Gasteiger partial charge >= 0.3 is 6.09 Å². The first-order valence-electron chi connectivity index (χ1n) is 6.48. The van der Waals surface area contributed by atoms with Gasteiger partial charge in [-0.3, -0.25) is 10.4 Å². The quantitative estimate of drug-likeness (QED) is 0.782. The number of carbonyl (C=O) groups is 1. The van der Waals surface area contributed by atoms with Gasteiger partial charge in [0.2, 0.25) is 0 Å². The molecule has 2 rings (SSSR count). The number of aromatic amines is 1. The van der Waals surface area contributed by atoms with Crippen LogP contribution in [0.4, 0.5) is 16.2 Å². The fourth-order valence-corrected chi connectivity index (χ4v) is 1.77. The molecule has 20 heavy (non-hydrogen) atoms. The largest absolute Gasteiger partial charge is 0.450 e. The molecule has 0 fully saturated rings. The molecule has 0 saturated heterocycles. The highest BCUT2D eigenvalue weighted by molar-refractivity contribution is 5.84. The summed E-state index contributed by atoms with van der Waals surface area (Å²) in [4.78, 5) is 11.3. The van der Waals surface area contributed by atoms with Crippen LogP contribution in [0.1, 0.15) is 25.6 Å². The second-order valence-electron chi connectivity index (χ2n) is 4.30. The van der Waals surface area contributed by atoms with E-state index in [1.165, 1.54) is 0 Å². The van der Waals surface area contributed by atoms with Gasteiger partial charge in [-0.2, -0.15) is 5.10 Å². The molecular weight excluding hydrogens is 256 g/mol. The van der Waals surface area contributed by atoms with E-state index in [1.54, 1.807) is 13.1 Å². The topological polar surface area (TPSA) is 79.0 Å². The Morgan fingerprint density at radius 1 is 1.30 bits per heavy atom. The van der Waals surface area contributed by atoms with E-state index in [1.807, 2.05) is 37.3 Å². The van der Waals surface area contributed by atoms with Crippen molar-refractivity contribution in [1.82, 2.24) is 10.2 Å². The molecule has 6 heteroatoms. The van der Waals surface area contributed by atoms with E-state index < -0.39 is 6.09 Å². The summed E-state index contributed by atoms with van der Waals surface area (Å²) in [5, 5.41) is 12.8. The van der Waals surface area contributed by atoms with E-state index in [-0.39, 0.29) is 6.04 Å². The molecule has 1 aromatic carbocycles. The number of hydrogen-bond donors (Lipinski definition) is 3. The predicted octanol–water partition coefficient (Wildman–Crippen LogP) is 3.15. The van der Waals surface area contributed by atoms with Crippen LogP contribution < -0.4 is 10.6 Å². The summed E-state index contributed by atoms with van der Waals surface area (Å²) in [6, 6.07) is 9.48.